The highest BCUT2D eigenvalue weighted by atomic mass is 16.2. The summed E-state index contributed by atoms with van der Waals surface area (Å²) in [6, 6.07) is -0.294. The molecule has 0 aromatic carbocycles. The Balaban J connectivity index is 1.71. The number of nitrogens with one attached hydrogen (secondary N) is 2. The van der Waals surface area contributed by atoms with Crippen LogP contribution in [-0.4, -0.2) is 48.9 Å². The minimum absolute atomic E-state index is 0.0215. The van der Waals surface area contributed by atoms with Gasteiger partial charge in [0.25, 0.3) is 0 Å². The van der Waals surface area contributed by atoms with Crippen LogP contribution < -0.4 is 10.6 Å². The van der Waals surface area contributed by atoms with E-state index >= 15 is 0 Å². The first-order chi connectivity index (χ1) is 9.22. The molecule has 2 amide bonds. The number of fused-ring (bicyclic) bond motifs is 1. The number of hydrogen-bond acceptors (Lipinski definition) is 3. The van der Waals surface area contributed by atoms with Gasteiger partial charge in [-0.3, -0.25) is 9.59 Å². The SMILES string of the molecule is CNC(=O)C1CCCN1C(=O)C1NCC2CCCC21. The van der Waals surface area contributed by atoms with Crippen molar-refractivity contribution < 1.29 is 9.59 Å². The van der Waals surface area contributed by atoms with E-state index in [9.17, 15) is 9.59 Å². The fourth-order valence-corrected chi connectivity index (χ4v) is 4.11. The van der Waals surface area contributed by atoms with Crippen LogP contribution in [0.25, 0.3) is 0 Å². The van der Waals surface area contributed by atoms with Crippen LogP contribution in [0.5, 0.6) is 0 Å². The summed E-state index contributed by atoms with van der Waals surface area (Å²) in [4.78, 5) is 26.4. The lowest BCUT2D eigenvalue weighted by molar-refractivity contribution is -0.140. The molecule has 3 aliphatic rings. The van der Waals surface area contributed by atoms with E-state index in [-0.39, 0.29) is 23.9 Å². The van der Waals surface area contributed by atoms with Crippen molar-refractivity contribution in [1.82, 2.24) is 15.5 Å². The van der Waals surface area contributed by atoms with Crippen molar-refractivity contribution in [3.8, 4) is 0 Å². The van der Waals surface area contributed by atoms with Gasteiger partial charge in [0.2, 0.25) is 11.8 Å². The lowest BCUT2D eigenvalue weighted by Gasteiger charge is -2.28. The number of nitrogens with zero attached hydrogens (tertiary/aromatic N) is 1. The van der Waals surface area contributed by atoms with Gasteiger partial charge in [-0.1, -0.05) is 6.42 Å². The van der Waals surface area contributed by atoms with Crippen LogP contribution in [-0.2, 0) is 9.59 Å². The van der Waals surface area contributed by atoms with Crippen LogP contribution in [0.1, 0.15) is 32.1 Å². The summed E-state index contributed by atoms with van der Waals surface area (Å²) in [5.74, 6) is 1.31. The standard InChI is InChI=1S/C14H23N3O2/c1-15-13(18)11-6-3-7-17(11)14(19)12-10-5-2-4-9(10)8-16-12/h9-12,16H,2-8H2,1H3,(H,15,18). The van der Waals surface area contributed by atoms with E-state index in [0.29, 0.717) is 11.8 Å². The molecule has 4 unspecified atom stereocenters. The van der Waals surface area contributed by atoms with Gasteiger partial charge in [-0.15, -0.1) is 0 Å². The molecule has 19 heavy (non-hydrogen) atoms. The van der Waals surface area contributed by atoms with Gasteiger partial charge in [-0.2, -0.15) is 0 Å². The molecule has 0 spiro atoms. The van der Waals surface area contributed by atoms with Crippen LogP contribution in [0.3, 0.4) is 0 Å². The Hall–Kier alpha value is -1.10. The Morgan fingerprint density at radius 2 is 2.05 bits per heavy atom. The van der Waals surface area contributed by atoms with Crippen molar-refractivity contribution in [3.63, 3.8) is 0 Å². The Bertz CT molecular complexity index is 385. The first-order valence-electron chi connectivity index (χ1n) is 7.48. The summed E-state index contributed by atoms with van der Waals surface area (Å²) in [5.41, 5.74) is 0. The zero-order chi connectivity index (χ0) is 13.4. The Labute approximate surface area is 114 Å². The van der Waals surface area contributed by atoms with E-state index in [1.807, 2.05) is 0 Å². The fraction of sp³-hybridized carbons (Fsp3) is 0.857. The predicted octanol–water partition coefficient (Wildman–Crippen LogP) is 0.112. The zero-order valence-corrected chi connectivity index (χ0v) is 11.5. The average Bonchev–Trinajstić information content (AvgIpc) is 3.11. The van der Waals surface area contributed by atoms with Gasteiger partial charge >= 0.3 is 0 Å². The van der Waals surface area contributed by atoms with Crippen molar-refractivity contribution in [2.45, 2.75) is 44.2 Å². The van der Waals surface area contributed by atoms with Gasteiger partial charge in [0.15, 0.2) is 0 Å². The van der Waals surface area contributed by atoms with E-state index in [0.717, 1.165) is 32.4 Å². The van der Waals surface area contributed by atoms with Crippen molar-refractivity contribution in [2.75, 3.05) is 20.1 Å². The third-order valence-electron chi connectivity index (χ3n) is 5.10. The quantitative estimate of drug-likeness (QED) is 0.745. The van der Waals surface area contributed by atoms with E-state index < -0.39 is 0 Å². The highest BCUT2D eigenvalue weighted by molar-refractivity contribution is 5.90. The molecule has 2 heterocycles. The van der Waals surface area contributed by atoms with Crippen LogP contribution in [0, 0.1) is 11.8 Å². The van der Waals surface area contributed by atoms with E-state index in [1.165, 1.54) is 12.8 Å². The highest BCUT2D eigenvalue weighted by Gasteiger charge is 2.46. The number of hydrogen-bond donors (Lipinski definition) is 2. The molecule has 0 bridgehead atoms. The third kappa shape index (κ3) is 2.14. The van der Waals surface area contributed by atoms with Crippen LogP contribution in [0.4, 0.5) is 0 Å². The highest BCUT2D eigenvalue weighted by Crippen LogP contribution is 2.38. The third-order valence-corrected chi connectivity index (χ3v) is 5.10. The molecule has 5 heteroatoms. The van der Waals surface area contributed by atoms with Gasteiger partial charge in [-0.25, -0.2) is 0 Å². The number of amides is 2. The van der Waals surface area contributed by atoms with E-state index in [2.05, 4.69) is 10.6 Å². The van der Waals surface area contributed by atoms with Crippen LogP contribution in [0.15, 0.2) is 0 Å². The number of rotatable bonds is 2. The monoisotopic (exact) mass is 265 g/mol. The van der Waals surface area contributed by atoms with Gasteiger partial charge in [-0.05, 0) is 44.1 Å². The maximum absolute atomic E-state index is 12.7. The molecule has 1 aliphatic carbocycles. The second-order valence-corrected chi connectivity index (χ2v) is 6.04. The van der Waals surface area contributed by atoms with E-state index in [1.54, 1.807) is 11.9 Å². The molecular weight excluding hydrogens is 242 g/mol. The lowest BCUT2D eigenvalue weighted by Crippen LogP contribution is -2.52. The number of likely N-dealkylation sites (N-methyl/N-ethyl adjacent to an activating group) is 1. The first kappa shape index (κ1) is 12.9. The van der Waals surface area contributed by atoms with Crippen molar-refractivity contribution in [3.05, 3.63) is 0 Å². The topological polar surface area (TPSA) is 61.4 Å². The number of likely N-dealkylation sites (tertiary alicyclic amines) is 1. The summed E-state index contributed by atoms with van der Waals surface area (Å²) < 4.78 is 0. The largest absolute Gasteiger partial charge is 0.357 e. The Morgan fingerprint density at radius 1 is 1.21 bits per heavy atom. The average molecular weight is 265 g/mol. The molecule has 0 aromatic heterocycles. The minimum atomic E-state index is -0.250. The van der Waals surface area contributed by atoms with Crippen molar-refractivity contribution >= 4 is 11.8 Å². The molecule has 2 saturated heterocycles. The molecule has 2 aliphatic heterocycles. The molecular formula is C14H23N3O2. The molecule has 4 atom stereocenters. The zero-order valence-electron chi connectivity index (χ0n) is 11.5. The van der Waals surface area contributed by atoms with Crippen molar-refractivity contribution in [1.29, 1.82) is 0 Å². The Morgan fingerprint density at radius 3 is 2.84 bits per heavy atom. The summed E-state index contributed by atoms with van der Waals surface area (Å²) in [5, 5.41) is 6.07. The smallest absolute Gasteiger partial charge is 0.242 e. The van der Waals surface area contributed by atoms with Gasteiger partial charge in [0.1, 0.15) is 6.04 Å². The molecule has 3 fully saturated rings. The maximum atomic E-state index is 12.7. The first-order valence-corrected chi connectivity index (χ1v) is 7.48. The molecule has 5 nitrogen and oxygen atoms in total. The van der Waals surface area contributed by atoms with Crippen molar-refractivity contribution in [2.24, 2.45) is 11.8 Å². The summed E-state index contributed by atoms with van der Waals surface area (Å²) in [7, 11) is 1.64. The van der Waals surface area contributed by atoms with Crippen LogP contribution in [0.2, 0.25) is 0 Å². The molecule has 106 valence electrons. The summed E-state index contributed by atoms with van der Waals surface area (Å²) >= 11 is 0. The summed E-state index contributed by atoms with van der Waals surface area (Å²) in [6.45, 7) is 1.70. The predicted molar refractivity (Wildman–Crippen MR) is 71.4 cm³/mol. The van der Waals surface area contributed by atoms with Gasteiger partial charge in [0, 0.05) is 13.6 Å². The Kier molecular flexibility index (Phi) is 3.48. The molecule has 1 saturated carbocycles. The maximum Gasteiger partial charge on any atom is 0.242 e. The van der Waals surface area contributed by atoms with Gasteiger partial charge in [0.05, 0.1) is 6.04 Å². The number of carbonyl (C=O) groups excluding carboxylic acids is 2. The second kappa shape index (κ2) is 5.12. The van der Waals surface area contributed by atoms with Crippen LogP contribution >= 0.6 is 0 Å². The normalized spacial score (nSPS) is 37.4. The molecule has 0 aromatic rings. The fourth-order valence-electron chi connectivity index (χ4n) is 4.11. The summed E-state index contributed by atoms with van der Waals surface area (Å²) in [6.07, 6.45) is 5.39. The minimum Gasteiger partial charge on any atom is -0.357 e. The molecule has 0 radical (unpaired) electrons. The van der Waals surface area contributed by atoms with E-state index in [4.69, 9.17) is 0 Å². The second-order valence-electron chi connectivity index (χ2n) is 6.04. The number of carbonyl (C=O) groups is 2. The van der Waals surface area contributed by atoms with Gasteiger partial charge < -0.3 is 15.5 Å². The molecule has 2 N–H and O–H groups in total. The molecule has 3 rings (SSSR count). The lowest BCUT2D eigenvalue weighted by atomic mass is 9.93.